The molecular weight excluding hydrogens is 268 g/mol. The summed E-state index contributed by atoms with van der Waals surface area (Å²) in [6, 6.07) is 4.40. The number of nitrogens with one attached hydrogen (secondary N) is 1. The van der Waals surface area contributed by atoms with Crippen LogP contribution in [0.4, 0.5) is 17.6 Å². The Bertz CT molecular complexity index is 612. The van der Waals surface area contributed by atoms with Crippen LogP contribution in [-0.2, 0) is 6.54 Å². The summed E-state index contributed by atoms with van der Waals surface area (Å²) >= 11 is 4.98. The van der Waals surface area contributed by atoms with Gasteiger partial charge in [0.1, 0.15) is 11.3 Å². The molecule has 1 N–H and O–H groups in total. The van der Waals surface area contributed by atoms with Crippen molar-refractivity contribution in [2.24, 2.45) is 0 Å². The average Bonchev–Trinajstić information content (AvgIpc) is 2.56. The highest BCUT2D eigenvalue weighted by atomic mass is 32.1. The van der Waals surface area contributed by atoms with Gasteiger partial charge in [0.15, 0.2) is 4.77 Å². The second-order valence-electron chi connectivity index (χ2n) is 3.93. The number of halogens is 4. The van der Waals surface area contributed by atoms with Crippen molar-refractivity contribution < 1.29 is 17.6 Å². The quantitative estimate of drug-likeness (QED) is 0.659. The van der Waals surface area contributed by atoms with Crippen molar-refractivity contribution in [3.8, 4) is 0 Å². The minimum absolute atomic E-state index is 0.0821. The Kier molecular flexibility index (Phi) is 3.43. The summed E-state index contributed by atoms with van der Waals surface area (Å²) in [7, 11) is 0. The van der Waals surface area contributed by atoms with Crippen LogP contribution in [0.5, 0.6) is 0 Å². The van der Waals surface area contributed by atoms with Crippen molar-refractivity contribution in [1.82, 2.24) is 9.55 Å². The van der Waals surface area contributed by atoms with E-state index in [0.717, 1.165) is 0 Å². The van der Waals surface area contributed by atoms with Crippen LogP contribution in [0.25, 0.3) is 11.0 Å². The van der Waals surface area contributed by atoms with Crippen LogP contribution in [0.2, 0.25) is 0 Å². The molecule has 0 bridgehead atoms. The number of aromatic amines is 1. The van der Waals surface area contributed by atoms with E-state index in [1.807, 2.05) is 0 Å². The van der Waals surface area contributed by atoms with E-state index in [1.165, 1.54) is 16.7 Å². The molecule has 0 saturated carbocycles. The van der Waals surface area contributed by atoms with Gasteiger partial charge in [-0.25, -0.2) is 4.39 Å². The first-order valence-electron chi connectivity index (χ1n) is 5.32. The number of hydrogen-bond acceptors (Lipinski definition) is 1. The van der Waals surface area contributed by atoms with E-state index < -0.39 is 18.4 Å². The second-order valence-corrected chi connectivity index (χ2v) is 4.32. The van der Waals surface area contributed by atoms with Gasteiger partial charge in [-0.3, -0.25) is 0 Å². The van der Waals surface area contributed by atoms with E-state index in [9.17, 15) is 17.6 Å². The zero-order valence-electron chi connectivity index (χ0n) is 9.22. The fraction of sp³-hybridized carbons (Fsp3) is 0.364. The van der Waals surface area contributed by atoms with E-state index in [1.54, 1.807) is 6.07 Å². The summed E-state index contributed by atoms with van der Waals surface area (Å²) in [6.07, 6.45) is -5.14. The number of aryl methyl sites for hydroxylation is 1. The van der Waals surface area contributed by atoms with Crippen LogP contribution >= 0.6 is 12.2 Å². The third-order valence-electron chi connectivity index (χ3n) is 2.60. The number of para-hydroxylation sites is 1. The zero-order chi connectivity index (χ0) is 13.3. The lowest BCUT2D eigenvalue weighted by Gasteiger charge is -2.07. The highest BCUT2D eigenvalue weighted by Crippen LogP contribution is 2.23. The number of hydrogen-bond donors (Lipinski definition) is 1. The highest BCUT2D eigenvalue weighted by Gasteiger charge is 2.26. The highest BCUT2D eigenvalue weighted by molar-refractivity contribution is 7.71. The maximum Gasteiger partial charge on any atom is 0.389 e. The lowest BCUT2D eigenvalue weighted by molar-refractivity contribution is -0.135. The first-order valence-corrected chi connectivity index (χ1v) is 5.73. The molecule has 0 fully saturated rings. The first kappa shape index (κ1) is 13.1. The van der Waals surface area contributed by atoms with Gasteiger partial charge in [0.05, 0.1) is 5.52 Å². The Morgan fingerprint density at radius 2 is 2.00 bits per heavy atom. The van der Waals surface area contributed by atoms with Gasteiger partial charge >= 0.3 is 6.18 Å². The van der Waals surface area contributed by atoms with Gasteiger partial charge in [-0.15, -0.1) is 0 Å². The molecule has 0 aliphatic rings. The largest absolute Gasteiger partial charge is 0.389 e. The zero-order valence-corrected chi connectivity index (χ0v) is 10.0. The van der Waals surface area contributed by atoms with Crippen molar-refractivity contribution in [1.29, 1.82) is 0 Å². The lowest BCUT2D eigenvalue weighted by Crippen LogP contribution is -2.09. The van der Waals surface area contributed by atoms with Crippen LogP contribution in [0, 0.1) is 10.6 Å². The van der Waals surface area contributed by atoms with Gasteiger partial charge in [-0.05, 0) is 30.8 Å². The monoisotopic (exact) mass is 278 g/mol. The topological polar surface area (TPSA) is 20.7 Å². The van der Waals surface area contributed by atoms with Crippen molar-refractivity contribution in [2.45, 2.75) is 25.6 Å². The van der Waals surface area contributed by atoms with E-state index in [-0.39, 0.29) is 23.3 Å². The number of aromatic nitrogens is 2. The van der Waals surface area contributed by atoms with Crippen LogP contribution in [0.1, 0.15) is 12.8 Å². The fourth-order valence-electron chi connectivity index (χ4n) is 1.80. The van der Waals surface area contributed by atoms with Gasteiger partial charge in [-0.2, -0.15) is 13.2 Å². The minimum Gasteiger partial charge on any atom is -0.328 e. The van der Waals surface area contributed by atoms with E-state index in [4.69, 9.17) is 12.2 Å². The number of H-pyrrole nitrogens is 1. The standard InChI is InChI=1S/C11H10F4N2S/c12-7-3-1-4-8-9(7)16-10(18)17(8)6-2-5-11(13,14)15/h1,3-4H,2,5-6H2,(H,16,18). The number of benzene rings is 1. The molecule has 0 unspecified atom stereocenters. The minimum atomic E-state index is -4.18. The van der Waals surface area contributed by atoms with Crippen molar-refractivity contribution in [2.75, 3.05) is 0 Å². The van der Waals surface area contributed by atoms with Crippen LogP contribution in [0.3, 0.4) is 0 Å². The molecule has 98 valence electrons. The van der Waals surface area contributed by atoms with E-state index in [0.29, 0.717) is 5.52 Å². The summed E-state index contributed by atoms with van der Waals surface area (Å²) < 4.78 is 51.3. The number of fused-ring (bicyclic) bond motifs is 1. The maximum atomic E-state index is 13.4. The van der Waals surface area contributed by atoms with E-state index in [2.05, 4.69) is 4.98 Å². The predicted octanol–water partition coefficient (Wildman–Crippen LogP) is 4.18. The number of alkyl halides is 3. The summed E-state index contributed by atoms with van der Waals surface area (Å²) in [5.41, 5.74) is 0.719. The molecule has 1 aromatic heterocycles. The average molecular weight is 278 g/mol. The molecule has 2 rings (SSSR count). The molecular formula is C11H10F4N2S. The summed E-state index contributed by atoms with van der Waals surface area (Å²) in [5, 5.41) is 0. The van der Waals surface area contributed by atoms with Crippen LogP contribution < -0.4 is 0 Å². The van der Waals surface area contributed by atoms with Gasteiger partial charge in [0, 0.05) is 13.0 Å². The predicted molar refractivity (Wildman–Crippen MR) is 62.4 cm³/mol. The van der Waals surface area contributed by atoms with Crippen LogP contribution in [-0.4, -0.2) is 15.7 Å². The molecule has 0 aliphatic carbocycles. The molecule has 7 heteroatoms. The molecule has 1 heterocycles. The van der Waals surface area contributed by atoms with Gasteiger partial charge < -0.3 is 9.55 Å². The first-order chi connectivity index (χ1) is 8.38. The molecule has 18 heavy (non-hydrogen) atoms. The van der Waals surface area contributed by atoms with Gasteiger partial charge in [-0.1, -0.05) is 6.07 Å². The Labute approximate surface area is 105 Å². The summed E-state index contributed by atoms with van der Waals surface area (Å²) in [5.74, 6) is -0.465. The SMILES string of the molecule is Fc1cccc2c1[nH]c(=S)n2CCCC(F)(F)F. The lowest BCUT2D eigenvalue weighted by atomic mass is 10.2. The Morgan fingerprint density at radius 3 is 2.67 bits per heavy atom. The number of rotatable bonds is 3. The molecule has 0 aliphatic heterocycles. The Morgan fingerprint density at radius 1 is 1.28 bits per heavy atom. The van der Waals surface area contributed by atoms with Gasteiger partial charge in [0.25, 0.3) is 0 Å². The summed E-state index contributed by atoms with van der Waals surface area (Å²) in [6.45, 7) is 0.113. The Balaban J connectivity index is 2.26. The third kappa shape index (κ3) is 2.72. The normalized spacial score (nSPS) is 12.2. The molecule has 2 nitrogen and oxygen atoms in total. The van der Waals surface area contributed by atoms with Crippen LogP contribution in [0.15, 0.2) is 18.2 Å². The van der Waals surface area contributed by atoms with E-state index >= 15 is 0 Å². The molecule has 0 spiro atoms. The molecule has 0 radical (unpaired) electrons. The molecule has 2 aromatic rings. The Hall–Kier alpha value is -1.37. The smallest absolute Gasteiger partial charge is 0.328 e. The molecule has 0 saturated heterocycles. The molecule has 1 aromatic carbocycles. The molecule has 0 amide bonds. The van der Waals surface area contributed by atoms with Crippen molar-refractivity contribution >= 4 is 23.3 Å². The number of imidazole rings is 1. The fourth-order valence-corrected chi connectivity index (χ4v) is 2.10. The van der Waals surface area contributed by atoms with Crippen molar-refractivity contribution in [3.63, 3.8) is 0 Å². The maximum absolute atomic E-state index is 13.4. The number of nitrogens with zero attached hydrogens (tertiary/aromatic N) is 1. The molecule has 0 atom stereocenters. The van der Waals surface area contributed by atoms with Crippen molar-refractivity contribution in [3.05, 3.63) is 28.8 Å². The third-order valence-corrected chi connectivity index (χ3v) is 2.92. The van der Waals surface area contributed by atoms with Gasteiger partial charge in [0.2, 0.25) is 0 Å². The summed E-state index contributed by atoms with van der Waals surface area (Å²) in [4.78, 5) is 2.66. The second kappa shape index (κ2) is 4.72.